The Morgan fingerprint density at radius 1 is 1.15 bits per heavy atom. The van der Waals surface area contributed by atoms with Gasteiger partial charge in [0.2, 0.25) is 0 Å². The van der Waals surface area contributed by atoms with Gasteiger partial charge in [-0.25, -0.2) is 4.98 Å². The first kappa shape index (κ1) is 17.7. The number of carbonyl (C=O) groups is 1. The van der Waals surface area contributed by atoms with Gasteiger partial charge in [-0.3, -0.25) is 10.1 Å². The lowest BCUT2D eigenvalue weighted by Crippen LogP contribution is -2.11. The molecule has 0 aliphatic heterocycles. The fourth-order valence-corrected chi connectivity index (χ4v) is 2.97. The number of nitrogens with zero attached hydrogens (tertiary/aromatic N) is 1. The van der Waals surface area contributed by atoms with Crippen molar-refractivity contribution in [3.63, 3.8) is 0 Å². The third-order valence-electron chi connectivity index (χ3n) is 3.59. The van der Waals surface area contributed by atoms with Gasteiger partial charge in [-0.15, -0.1) is 11.3 Å². The standard InChI is InChI=1S/C20H18N2O3S/c1-3-12-25-17-10-6-15(7-11-17)19(23)22-20-21-18(13-26-20)14-4-8-16(24-2)9-5-14/h3-11,13H,1,12H2,2H3,(H,21,22,23). The predicted molar refractivity (Wildman–Crippen MR) is 104 cm³/mol. The minimum atomic E-state index is -0.212. The van der Waals surface area contributed by atoms with Crippen molar-refractivity contribution in [2.24, 2.45) is 0 Å². The second kappa shape index (κ2) is 8.31. The van der Waals surface area contributed by atoms with Crippen molar-refractivity contribution in [2.45, 2.75) is 0 Å². The Morgan fingerprint density at radius 2 is 1.85 bits per heavy atom. The van der Waals surface area contributed by atoms with E-state index in [0.717, 1.165) is 17.0 Å². The molecule has 0 fully saturated rings. The molecule has 1 N–H and O–H groups in total. The third-order valence-corrected chi connectivity index (χ3v) is 4.35. The first-order chi connectivity index (χ1) is 12.7. The van der Waals surface area contributed by atoms with Crippen molar-refractivity contribution in [2.75, 3.05) is 19.0 Å². The van der Waals surface area contributed by atoms with Crippen LogP contribution in [-0.2, 0) is 0 Å². The molecule has 1 aromatic heterocycles. The highest BCUT2D eigenvalue weighted by Crippen LogP contribution is 2.26. The van der Waals surface area contributed by atoms with E-state index >= 15 is 0 Å². The SMILES string of the molecule is C=CCOc1ccc(C(=O)Nc2nc(-c3ccc(OC)cc3)cs2)cc1. The summed E-state index contributed by atoms with van der Waals surface area (Å²) >= 11 is 1.38. The number of amides is 1. The molecule has 26 heavy (non-hydrogen) atoms. The topological polar surface area (TPSA) is 60.5 Å². The monoisotopic (exact) mass is 366 g/mol. The molecular weight excluding hydrogens is 348 g/mol. The van der Waals surface area contributed by atoms with Crippen LogP contribution in [0.2, 0.25) is 0 Å². The number of nitrogens with one attached hydrogen (secondary N) is 1. The maximum atomic E-state index is 12.4. The van der Waals surface area contributed by atoms with E-state index in [1.807, 2.05) is 29.6 Å². The molecule has 0 radical (unpaired) electrons. The second-order valence-corrected chi connectivity index (χ2v) is 6.20. The summed E-state index contributed by atoms with van der Waals surface area (Å²) in [5.74, 6) is 1.27. The number of benzene rings is 2. The number of hydrogen-bond donors (Lipinski definition) is 1. The van der Waals surface area contributed by atoms with Gasteiger partial charge in [0.05, 0.1) is 12.8 Å². The smallest absolute Gasteiger partial charge is 0.257 e. The number of anilines is 1. The lowest BCUT2D eigenvalue weighted by molar-refractivity contribution is 0.102. The van der Waals surface area contributed by atoms with Crippen LogP contribution in [0.1, 0.15) is 10.4 Å². The molecule has 3 aromatic rings. The molecule has 0 saturated carbocycles. The molecule has 132 valence electrons. The maximum absolute atomic E-state index is 12.4. The van der Waals surface area contributed by atoms with Gasteiger partial charge in [-0.2, -0.15) is 0 Å². The molecule has 1 heterocycles. The van der Waals surface area contributed by atoms with Gasteiger partial charge >= 0.3 is 0 Å². The largest absolute Gasteiger partial charge is 0.497 e. The molecule has 0 unspecified atom stereocenters. The van der Waals surface area contributed by atoms with Crippen molar-refractivity contribution in [3.8, 4) is 22.8 Å². The molecule has 0 saturated heterocycles. The van der Waals surface area contributed by atoms with Gasteiger partial charge in [0.25, 0.3) is 5.91 Å². The second-order valence-electron chi connectivity index (χ2n) is 5.34. The summed E-state index contributed by atoms with van der Waals surface area (Å²) in [7, 11) is 1.63. The highest BCUT2D eigenvalue weighted by molar-refractivity contribution is 7.14. The fourth-order valence-electron chi connectivity index (χ4n) is 2.25. The number of hydrogen-bond acceptors (Lipinski definition) is 5. The van der Waals surface area contributed by atoms with Gasteiger partial charge in [0, 0.05) is 16.5 Å². The van der Waals surface area contributed by atoms with Crippen LogP contribution in [0.3, 0.4) is 0 Å². The van der Waals surface area contributed by atoms with E-state index in [1.54, 1.807) is 37.5 Å². The van der Waals surface area contributed by atoms with Gasteiger partial charge in [-0.1, -0.05) is 12.7 Å². The molecule has 0 bridgehead atoms. The van der Waals surface area contributed by atoms with E-state index in [2.05, 4.69) is 16.9 Å². The number of carbonyl (C=O) groups excluding carboxylic acids is 1. The maximum Gasteiger partial charge on any atom is 0.257 e. The van der Waals surface area contributed by atoms with E-state index in [4.69, 9.17) is 9.47 Å². The number of rotatable bonds is 7. The molecule has 0 aliphatic carbocycles. The first-order valence-corrected chi connectivity index (χ1v) is 8.82. The van der Waals surface area contributed by atoms with Crippen LogP contribution < -0.4 is 14.8 Å². The predicted octanol–water partition coefficient (Wildman–Crippen LogP) is 4.64. The number of ether oxygens (including phenoxy) is 2. The van der Waals surface area contributed by atoms with Gasteiger partial charge in [-0.05, 0) is 48.5 Å². The van der Waals surface area contributed by atoms with Crippen LogP contribution in [0.15, 0.2) is 66.6 Å². The lowest BCUT2D eigenvalue weighted by Gasteiger charge is -2.05. The average Bonchev–Trinajstić information content (AvgIpc) is 3.15. The van der Waals surface area contributed by atoms with E-state index in [9.17, 15) is 4.79 Å². The lowest BCUT2D eigenvalue weighted by atomic mass is 10.2. The summed E-state index contributed by atoms with van der Waals surface area (Å²) in [6.45, 7) is 4.03. The Hall–Kier alpha value is -3.12. The highest BCUT2D eigenvalue weighted by atomic mass is 32.1. The van der Waals surface area contributed by atoms with Crippen molar-refractivity contribution in [1.29, 1.82) is 0 Å². The molecular formula is C20H18N2O3S. The summed E-state index contributed by atoms with van der Waals surface area (Å²) in [6, 6.07) is 14.6. The van der Waals surface area contributed by atoms with Gasteiger partial charge in [0.15, 0.2) is 5.13 Å². The Bertz CT molecular complexity index is 886. The molecule has 3 rings (SSSR count). The quantitative estimate of drug-likeness (QED) is 0.619. The van der Waals surface area contributed by atoms with Crippen LogP contribution in [-0.4, -0.2) is 24.6 Å². The number of aromatic nitrogens is 1. The normalized spacial score (nSPS) is 10.2. The molecule has 1 amide bonds. The third kappa shape index (κ3) is 4.29. The minimum absolute atomic E-state index is 0.212. The van der Waals surface area contributed by atoms with E-state index in [1.165, 1.54) is 11.3 Å². The fraction of sp³-hybridized carbons (Fsp3) is 0.100. The van der Waals surface area contributed by atoms with E-state index in [-0.39, 0.29) is 5.91 Å². The van der Waals surface area contributed by atoms with E-state index < -0.39 is 0 Å². The molecule has 2 aromatic carbocycles. The van der Waals surface area contributed by atoms with Crippen molar-refractivity contribution >= 4 is 22.4 Å². The van der Waals surface area contributed by atoms with Crippen molar-refractivity contribution in [1.82, 2.24) is 4.98 Å². The Balaban J connectivity index is 1.66. The summed E-state index contributed by atoms with van der Waals surface area (Å²) in [4.78, 5) is 16.8. The molecule has 6 heteroatoms. The molecule has 0 aliphatic rings. The van der Waals surface area contributed by atoms with Gasteiger partial charge in [0.1, 0.15) is 18.1 Å². The first-order valence-electron chi connectivity index (χ1n) is 7.94. The van der Waals surface area contributed by atoms with E-state index in [0.29, 0.717) is 23.1 Å². The summed E-state index contributed by atoms with van der Waals surface area (Å²) in [5.41, 5.74) is 2.31. The van der Waals surface area contributed by atoms with Crippen molar-refractivity contribution < 1.29 is 14.3 Å². The van der Waals surface area contributed by atoms with Crippen molar-refractivity contribution in [3.05, 3.63) is 72.1 Å². The molecule has 0 spiro atoms. The summed E-state index contributed by atoms with van der Waals surface area (Å²) < 4.78 is 10.6. The minimum Gasteiger partial charge on any atom is -0.497 e. The number of thiazole rings is 1. The Kier molecular flexibility index (Phi) is 5.66. The zero-order valence-corrected chi connectivity index (χ0v) is 15.1. The highest BCUT2D eigenvalue weighted by Gasteiger charge is 2.10. The summed E-state index contributed by atoms with van der Waals surface area (Å²) in [5, 5.41) is 5.28. The van der Waals surface area contributed by atoms with Crippen LogP contribution in [0.4, 0.5) is 5.13 Å². The molecule has 5 nitrogen and oxygen atoms in total. The zero-order valence-electron chi connectivity index (χ0n) is 14.3. The van der Waals surface area contributed by atoms with Crippen LogP contribution in [0.25, 0.3) is 11.3 Å². The van der Waals surface area contributed by atoms with Crippen LogP contribution in [0, 0.1) is 0 Å². The van der Waals surface area contributed by atoms with Crippen LogP contribution >= 0.6 is 11.3 Å². The Morgan fingerprint density at radius 3 is 2.50 bits per heavy atom. The Labute approximate surface area is 155 Å². The summed E-state index contributed by atoms with van der Waals surface area (Å²) in [6.07, 6.45) is 1.67. The zero-order chi connectivity index (χ0) is 18.4. The van der Waals surface area contributed by atoms with Gasteiger partial charge < -0.3 is 9.47 Å². The average molecular weight is 366 g/mol. The number of methoxy groups -OCH3 is 1. The molecule has 0 atom stereocenters. The van der Waals surface area contributed by atoms with Crippen LogP contribution in [0.5, 0.6) is 11.5 Å².